The SMILES string of the molecule is CCc1ccc(OC)c(/C=C2/N=C(Cc3ccc(F)cc3)NC2=O)c1. The number of rotatable bonds is 5. The Hall–Kier alpha value is -2.95. The second-order valence-corrected chi connectivity index (χ2v) is 5.78. The van der Waals surface area contributed by atoms with E-state index >= 15 is 0 Å². The molecule has 4 nitrogen and oxygen atoms in total. The van der Waals surface area contributed by atoms with Crippen LogP contribution in [-0.2, 0) is 17.6 Å². The summed E-state index contributed by atoms with van der Waals surface area (Å²) in [6, 6.07) is 12.0. The number of nitrogens with zero attached hydrogens (tertiary/aromatic N) is 1. The summed E-state index contributed by atoms with van der Waals surface area (Å²) >= 11 is 0. The first kappa shape index (κ1) is 16.9. The highest BCUT2D eigenvalue weighted by molar-refractivity contribution is 6.14. The average molecular weight is 338 g/mol. The summed E-state index contributed by atoms with van der Waals surface area (Å²) in [5.41, 5.74) is 3.19. The van der Waals surface area contributed by atoms with Crippen molar-refractivity contribution in [2.24, 2.45) is 4.99 Å². The molecule has 2 aromatic carbocycles. The number of carbonyl (C=O) groups excluding carboxylic acids is 1. The van der Waals surface area contributed by atoms with Gasteiger partial charge in [-0.15, -0.1) is 0 Å². The Balaban J connectivity index is 1.87. The Kier molecular flexibility index (Phi) is 4.93. The molecule has 0 radical (unpaired) electrons. The first-order valence-corrected chi connectivity index (χ1v) is 8.11. The van der Waals surface area contributed by atoms with Gasteiger partial charge in [0, 0.05) is 12.0 Å². The number of amidine groups is 1. The molecule has 1 aliphatic heterocycles. The van der Waals surface area contributed by atoms with Crippen molar-refractivity contribution in [1.29, 1.82) is 0 Å². The molecule has 5 heteroatoms. The standard InChI is InChI=1S/C20H19FN2O2/c1-3-13-6-9-18(25-2)15(10-13)12-17-20(24)23-19(22-17)11-14-4-7-16(21)8-5-14/h4-10,12H,3,11H2,1-2H3,(H,22,23,24)/b17-12+. The van der Waals surface area contributed by atoms with Gasteiger partial charge in [-0.3, -0.25) is 4.79 Å². The van der Waals surface area contributed by atoms with Crippen LogP contribution in [0.5, 0.6) is 5.75 Å². The van der Waals surface area contributed by atoms with E-state index in [9.17, 15) is 9.18 Å². The zero-order valence-corrected chi connectivity index (χ0v) is 14.2. The fourth-order valence-electron chi connectivity index (χ4n) is 2.66. The fourth-order valence-corrected chi connectivity index (χ4v) is 2.66. The Morgan fingerprint density at radius 3 is 2.56 bits per heavy atom. The number of halogens is 1. The van der Waals surface area contributed by atoms with Gasteiger partial charge in [-0.25, -0.2) is 9.38 Å². The molecule has 25 heavy (non-hydrogen) atoms. The predicted octanol–water partition coefficient (Wildman–Crippen LogP) is 3.51. The minimum Gasteiger partial charge on any atom is -0.496 e. The zero-order valence-electron chi connectivity index (χ0n) is 14.2. The molecule has 0 spiro atoms. The Labute approximate surface area is 146 Å². The van der Waals surface area contributed by atoms with Gasteiger partial charge in [-0.1, -0.05) is 25.1 Å². The molecular formula is C20H19FN2O2. The van der Waals surface area contributed by atoms with E-state index in [1.165, 1.54) is 12.1 Å². The third-order valence-electron chi connectivity index (χ3n) is 4.03. The molecule has 2 aromatic rings. The summed E-state index contributed by atoms with van der Waals surface area (Å²) in [7, 11) is 1.60. The molecule has 3 rings (SSSR count). The monoisotopic (exact) mass is 338 g/mol. The molecule has 0 aromatic heterocycles. The number of methoxy groups -OCH3 is 1. The van der Waals surface area contributed by atoms with Crippen LogP contribution in [0.2, 0.25) is 0 Å². The van der Waals surface area contributed by atoms with Gasteiger partial charge < -0.3 is 10.1 Å². The lowest BCUT2D eigenvalue weighted by atomic mass is 10.1. The van der Waals surface area contributed by atoms with Crippen LogP contribution in [0.1, 0.15) is 23.6 Å². The number of nitrogens with one attached hydrogen (secondary N) is 1. The molecule has 0 saturated heterocycles. The molecule has 0 aliphatic carbocycles. The molecule has 0 unspecified atom stereocenters. The highest BCUT2D eigenvalue weighted by atomic mass is 19.1. The predicted molar refractivity (Wildman–Crippen MR) is 96.0 cm³/mol. The van der Waals surface area contributed by atoms with E-state index in [4.69, 9.17) is 4.74 Å². The van der Waals surface area contributed by atoms with Crippen LogP contribution in [0.4, 0.5) is 4.39 Å². The summed E-state index contributed by atoms with van der Waals surface area (Å²) in [5.74, 6) is 0.707. The second-order valence-electron chi connectivity index (χ2n) is 5.78. The quantitative estimate of drug-likeness (QED) is 0.848. The third kappa shape index (κ3) is 3.94. The minimum atomic E-state index is -0.287. The average Bonchev–Trinajstić information content (AvgIpc) is 2.96. The maximum Gasteiger partial charge on any atom is 0.275 e. The Bertz CT molecular complexity index is 854. The van der Waals surface area contributed by atoms with E-state index in [0.29, 0.717) is 23.7 Å². The van der Waals surface area contributed by atoms with Gasteiger partial charge >= 0.3 is 0 Å². The molecule has 0 bridgehead atoms. The lowest BCUT2D eigenvalue weighted by Gasteiger charge is -2.07. The Morgan fingerprint density at radius 2 is 1.88 bits per heavy atom. The van der Waals surface area contributed by atoms with E-state index in [-0.39, 0.29) is 11.7 Å². The highest BCUT2D eigenvalue weighted by Crippen LogP contribution is 2.24. The maximum absolute atomic E-state index is 13.0. The van der Waals surface area contributed by atoms with Gasteiger partial charge in [0.05, 0.1) is 7.11 Å². The van der Waals surface area contributed by atoms with Crippen LogP contribution in [0, 0.1) is 5.82 Å². The number of amides is 1. The summed E-state index contributed by atoms with van der Waals surface area (Å²) in [5, 5.41) is 2.76. The first-order valence-electron chi connectivity index (χ1n) is 8.11. The number of ether oxygens (including phenoxy) is 1. The van der Waals surface area contributed by atoms with Crippen LogP contribution >= 0.6 is 0 Å². The van der Waals surface area contributed by atoms with Gasteiger partial charge in [0.15, 0.2) is 0 Å². The lowest BCUT2D eigenvalue weighted by Crippen LogP contribution is -2.25. The van der Waals surface area contributed by atoms with Gasteiger partial charge in [-0.05, 0) is 47.9 Å². The van der Waals surface area contributed by atoms with Crippen LogP contribution in [0.25, 0.3) is 6.08 Å². The molecule has 128 valence electrons. The number of carbonyl (C=O) groups is 1. The van der Waals surface area contributed by atoms with Crippen LogP contribution in [0.3, 0.4) is 0 Å². The number of hydrogen-bond acceptors (Lipinski definition) is 3. The van der Waals surface area contributed by atoms with Gasteiger partial charge in [0.25, 0.3) is 5.91 Å². The smallest absolute Gasteiger partial charge is 0.275 e. The molecular weight excluding hydrogens is 319 g/mol. The van der Waals surface area contributed by atoms with Crippen LogP contribution in [0.15, 0.2) is 53.2 Å². The number of aryl methyl sites for hydroxylation is 1. The van der Waals surface area contributed by atoms with E-state index < -0.39 is 0 Å². The molecule has 1 amide bonds. The minimum absolute atomic E-state index is 0.249. The normalized spacial score (nSPS) is 15.2. The summed E-state index contributed by atoms with van der Waals surface area (Å²) in [6.45, 7) is 2.07. The number of hydrogen-bond donors (Lipinski definition) is 1. The summed E-state index contributed by atoms with van der Waals surface area (Å²) in [4.78, 5) is 16.6. The van der Waals surface area contributed by atoms with Crippen molar-refractivity contribution in [1.82, 2.24) is 5.32 Å². The third-order valence-corrected chi connectivity index (χ3v) is 4.03. The van der Waals surface area contributed by atoms with E-state index in [1.807, 2.05) is 18.2 Å². The van der Waals surface area contributed by atoms with Crippen LogP contribution in [-0.4, -0.2) is 18.9 Å². The second kappa shape index (κ2) is 7.30. The fraction of sp³-hybridized carbons (Fsp3) is 0.200. The van der Waals surface area contributed by atoms with E-state index in [0.717, 1.165) is 23.1 Å². The summed E-state index contributed by atoms with van der Waals surface area (Å²) < 4.78 is 18.3. The highest BCUT2D eigenvalue weighted by Gasteiger charge is 2.20. The van der Waals surface area contributed by atoms with Crippen molar-refractivity contribution < 1.29 is 13.9 Å². The van der Waals surface area contributed by atoms with Crippen LogP contribution < -0.4 is 10.1 Å². The summed E-state index contributed by atoms with van der Waals surface area (Å²) in [6.07, 6.45) is 3.06. The zero-order chi connectivity index (χ0) is 17.8. The van der Waals surface area contributed by atoms with Gasteiger partial charge in [0.1, 0.15) is 23.1 Å². The van der Waals surface area contributed by atoms with Crippen molar-refractivity contribution in [3.05, 3.63) is 70.7 Å². The van der Waals surface area contributed by atoms with Crippen molar-refractivity contribution in [2.45, 2.75) is 19.8 Å². The molecule has 1 aliphatic rings. The van der Waals surface area contributed by atoms with Crippen molar-refractivity contribution in [2.75, 3.05) is 7.11 Å². The maximum atomic E-state index is 13.0. The van der Waals surface area contributed by atoms with Crippen molar-refractivity contribution in [3.63, 3.8) is 0 Å². The number of aliphatic imine (C=N–C) groups is 1. The molecule has 1 heterocycles. The van der Waals surface area contributed by atoms with Crippen molar-refractivity contribution >= 4 is 17.8 Å². The molecule has 0 atom stereocenters. The Morgan fingerprint density at radius 1 is 1.16 bits per heavy atom. The largest absolute Gasteiger partial charge is 0.496 e. The van der Waals surface area contributed by atoms with E-state index in [1.54, 1.807) is 25.3 Å². The van der Waals surface area contributed by atoms with Gasteiger partial charge in [0.2, 0.25) is 0 Å². The molecule has 0 saturated carbocycles. The number of benzene rings is 2. The van der Waals surface area contributed by atoms with Crippen molar-refractivity contribution in [3.8, 4) is 5.75 Å². The van der Waals surface area contributed by atoms with Gasteiger partial charge in [-0.2, -0.15) is 0 Å². The molecule has 0 fully saturated rings. The van der Waals surface area contributed by atoms with E-state index in [2.05, 4.69) is 17.2 Å². The topological polar surface area (TPSA) is 50.7 Å². The first-order chi connectivity index (χ1) is 12.1. The lowest BCUT2D eigenvalue weighted by molar-refractivity contribution is -0.115. The molecule has 1 N–H and O–H groups in total.